The summed E-state index contributed by atoms with van der Waals surface area (Å²) in [4.78, 5) is 24.0. The van der Waals surface area contributed by atoms with Crippen LogP contribution in [0.4, 0.5) is 0 Å². The van der Waals surface area contributed by atoms with E-state index in [1.54, 1.807) is 6.08 Å². The van der Waals surface area contributed by atoms with Crippen molar-refractivity contribution in [3.63, 3.8) is 0 Å². The van der Waals surface area contributed by atoms with Gasteiger partial charge in [-0.3, -0.25) is 9.59 Å². The summed E-state index contributed by atoms with van der Waals surface area (Å²) in [6, 6.07) is 0. The van der Waals surface area contributed by atoms with E-state index < -0.39 is 23.3 Å². The summed E-state index contributed by atoms with van der Waals surface area (Å²) in [7, 11) is 0. The van der Waals surface area contributed by atoms with Gasteiger partial charge in [-0.1, -0.05) is 52.2 Å². The van der Waals surface area contributed by atoms with Crippen LogP contribution >= 0.6 is 0 Å². The van der Waals surface area contributed by atoms with Crippen LogP contribution in [0.3, 0.4) is 0 Å². The molecule has 1 aliphatic rings. The summed E-state index contributed by atoms with van der Waals surface area (Å²) < 4.78 is 0. The third-order valence-electron chi connectivity index (χ3n) is 4.82. The van der Waals surface area contributed by atoms with Crippen molar-refractivity contribution in [3.8, 4) is 0 Å². The minimum atomic E-state index is -1.28. The van der Waals surface area contributed by atoms with Gasteiger partial charge in [0.05, 0.1) is 5.92 Å². The average Bonchev–Trinajstić information content (AvgIpc) is 2.51. The van der Waals surface area contributed by atoms with Crippen LogP contribution in [0.25, 0.3) is 0 Å². The Bertz CT molecular complexity index is 490. The van der Waals surface area contributed by atoms with Crippen LogP contribution < -0.4 is 0 Å². The molecule has 0 saturated carbocycles. The van der Waals surface area contributed by atoms with E-state index in [2.05, 4.69) is 13.8 Å². The summed E-state index contributed by atoms with van der Waals surface area (Å²) in [5, 5.41) is 19.6. The van der Waals surface area contributed by atoms with Gasteiger partial charge in [0.1, 0.15) is 5.41 Å². The highest BCUT2D eigenvalue weighted by atomic mass is 16.4. The molecule has 0 bridgehead atoms. The quantitative estimate of drug-likeness (QED) is 0.605. The number of unbranched alkanes of at least 4 members (excludes halogenated alkanes) is 2. The molecule has 0 spiro atoms. The first-order valence-corrected chi connectivity index (χ1v) is 8.82. The number of hydrogen-bond donors (Lipinski definition) is 2. The molecule has 1 rings (SSSR count). The summed E-state index contributed by atoms with van der Waals surface area (Å²) in [5.41, 5.74) is 0.624. The predicted molar refractivity (Wildman–Crippen MR) is 91.3 cm³/mol. The molecular formula is C19H30O4. The Morgan fingerprint density at radius 3 is 2.13 bits per heavy atom. The molecule has 2 unspecified atom stereocenters. The van der Waals surface area contributed by atoms with E-state index in [0.717, 1.165) is 43.3 Å². The third-order valence-corrected chi connectivity index (χ3v) is 4.82. The lowest BCUT2D eigenvalue weighted by atomic mass is 9.61. The molecule has 4 nitrogen and oxygen atoms in total. The monoisotopic (exact) mass is 322 g/mol. The molecule has 0 aromatic heterocycles. The highest BCUT2D eigenvalue weighted by molar-refractivity contribution is 5.89. The molecule has 0 aromatic carbocycles. The lowest BCUT2D eigenvalue weighted by Crippen LogP contribution is -2.45. The summed E-state index contributed by atoms with van der Waals surface area (Å²) in [6.45, 7) is 6.10. The van der Waals surface area contributed by atoms with Crippen molar-refractivity contribution < 1.29 is 19.8 Å². The molecule has 2 atom stereocenters. The minimum Gasteiger partial charge on any atom is -0.481 e. The largest absolute Gasteiger partial charge is 0.481 e. The van der Waals surface area contributed by atoms with E-state index in [1.807, 2.05) is 13.0 Å². The fourth-order valence-corrected chi connectivity index (χ4v) is 3.65. The first-order valence-electron chi connectivity index (χ1n) is 8.82. The SMILES string of the molecule is CCCCC1=C(CCCC)C(CCC)(C(=O)O)C(C(=O)O)C=C1. The molecule has 2 N–H and O–H groups in total. The third kappa shape index (κ3) is 4.04. The van der Waals surface area contributed by atoms with Crippen LogP contribution in [0.1, 0.15) is 72.1 Å². The Labute approximate surface area is 139 Å². The van der Waals surface area contributed by atoms with Gasteiger partial charge in [-0.05, 0) is 43.3 Å². The van der Waals surface area contributed by atoms with Gasteiger partial charge in [0.25, 0.3) is 0 Å². The minimum absolute atomic E-state index is 0.373. The highest BCUT2D eigenvalue weighted by Gasteiger charge is 2.52. The molecule has 0 heterocycles. The second kappa shape index (κ2) is 8.90. The average molecular weight is 322 g/mol. The lowest BCUT2D eigenvalue weighted by molar-refractivity contribution is -0.158. The number of carboxylic acids is 2. The molecule has 0 amide bonds. The topological polar surface area (TPSA) is 74.6 Å². The second-order valence-corrected chi connectivity index (χ2v) is 6.41. The Balaban J connectivity index is 3.46. The highest BCUT2D eigenvalue weighted by Crippen LogP contribution is 2.49. The summed E-state index contributed by atoms with van der Waals surface area (Å²) in [5.74, 6) is -3.01. The van der Waals surface area contributed by atoms with E-state index in [9.17, 15) is 19.8 Å². The van der Waals surface area contributed by atoms with E-state index in [-0.39, 0.29) is 0 Å². The standard InChI is InChI=1S/C19H30O4/c1-4-7-9-14-11-12-16(17(20)21)19(13-6-3,18(22)23)15(14)10-8-5-2/h11-12,16H,4-10,13H2,1-3H3,(H,20,21)(H,22,23). The Morgan fingerprint density at radius 1 is 1.04 bits per heavy atom. The number of rotatable bonds is 10. The van der Waals surface area contributed by atoms with Crippen LogP contribution in [0, 0.1) is 11.3 Å². The number of aliphatic carboxylic acids is 2. The fourth-order valence-electron chi connectivity index (χ4n) is 3.65. The van der Waals surface area contributed by atoms with Gasteiger partial charge in [-0.25, -0.2) is 0 Å². The molecule has 0 radical (unpaired) electrons. The van der Waals surface area contributed by atoms with Gasteiger partial charge in [0, 0.05) is 0 Å². The van der Waals surface area contributed by atoms with E-state index in [0.29, 0.717) is 19.3 Å². The lowest BCUT2D eigenvalue weighted by Gasteiger charge is -2.40. The molecule has 0 aliphatic heterocycles. The molecule has 0 fully saturated rings. The van der Waals surface area contributed by atoms with E-state index in [4.69, 9.17) is 0 Å². The predicted octanol–water partition coefficient (Wildman–Crippen LogP) is 4.81. The van der Waals surface area contributed by atoms with Gasteiger partial charge >= 0.3 is 11.9 Å². The summed E-state index contributed by atoms with van der Waals surface area (Å²) >= 11 is 0. The van der Waals surface area contributed by atoms with Crippen LogP contribution in [-0.2, 0) is 9.59 Å². The van der Waals surface area contributed by atoms with Crippen LogP contribution in [-0.4, -0.2) is 22.2 Å². The van der Waals surface area contributed by atoms with Crippen LogP contribution in [0.5, 0.6) is 0 Å². The van der Waals surface area contributed by atoms with Crippen molar-refractivity contribution in [2.24, 2.45) is 11.3 Å². The zero-order valence-electron chi connectivity index (χ0n) is 14.6. The Kier molecular flexibility index (Phi) is 7.53. The van der Waals surface area contributed by atoms with E-state index in [1.165, 1.54) is 0 Å². The van der Waals surface area contributed by atoms with Crippen molar-refractivity contribution in [2.45, 2.75) is 72.1 Å². The molecule has 130 valence electrons. The number of allylic oxidation sites excluding steroid dienone is 2. The van der Waals surface area contributed by atoms with Crippen molar-refractivity contribution in [1.82, 2.24) is 0 Å². The first-order chi connectivity index (χ1) is 10.9. The maximum atomic E-state index is 12.2. The molecule has 1 aliphatic carbocycles. The van der Waals surface area contributed by atoms with Gasteiger partial charge < -0.3 is 10.2 Å². The second-order valence-electron chi connectivity index (χ2n) is 6.41. The van der Waals surface area contributed by atoms with Gasteiger partial charge in [-0.2, -0.15) is 0 Å². The molecule has 23 heavy (non-hydrogen) atoms. The maximum absolute atomic E-state index is 12.2. The van der Waals surface area contributed by atoms with Gasteiger partial charge in [-0.15, -0.1) is 0 Å². The zero-order chi connectivity index (χ0) is 17.5. The molecule has 0 aromatic rings. The zero-order valence-corrected chi connectivity index (χ0v) is 14.6. The van der Waals surface area contributed by atoms with E-state index >= 15 is 0 Å². The van der Waals surface area contributed by atoms with Crippen molar-refractivity contribution >= 4 is 11.9 Å². The normalized spacial score (nSPS) is 24.0. The maximum Gasteiger partial charge on any atom is 0.315 e. The molecule has 0 saturated heterocycles. The summed E-state index contributed by atoms with van der Waals surface area (Å²) in [6.07, 6.45) is 9.90. The Morgan fingerprint density at radius 2 is 1.65 bits per heavy atom. The van der Waals surface area contributed by atoms with Crippen molar-refractivity contribution in [1.29, 1.82) is 0 Å². The number of carbonyl (C=O) groups is 2. The van der Waals surface area contributed by atoms with Crippen LogP contribution in [0.15, 0.2) is 23.3 Å². The number of carboxylic acid groups (broad SMARTS) is 2. The first kappa shape index (κ1) is 19.5. The van der Waals surface area contributed by atoms with Gasteiger partial charge in [0.2, 0.25) is 0 Å². The molecule has 4 heteroatoms. The molecular weight excluding hydrogens is 292 g/mol. The van der Waals surface area contributed by atoms with Crippen molar-refractivity contribution in [2.75, 3.05) is 0 Å². The Hall–Kier alpha value is -1.58. The van der Waals surface area contributed by atoms with Crippen LogP contribution in [0.2, 0.25) is 0 Å². The van der Waals surface area contributed by atoms with Crippen molar-refractivity contribution in [3.05, 3.63) is 23.3 Å². The smallest absolute Gasteiger partial charge is 0.315 e. The number of hydrogen-bond acceptors (Lipinski definition) is 2. The van der Waals surface area contributed by atoms with Gasteiger partial charge in [0.15, 0.2) is 0 Å². The fraction of sp³-hybridized carbons (Fsp3) is 0.684.